The van der Waals surface area contributed by atoms with Crippen molar-refractivity contribution in [2.24, 2.45) is 5.92 Å². The van der Waals surface area contributed by atoms with Crippen molar-refractivity contribution in [1.29, 1.82) is 0 Å². The minimum Gasteiger partial charge on any atom is -0.468 e. The number of rotatable bonds is 1. The molecule has 1 fully saturated rings. The van der Waals surface area contributed by atoms with E-state index in [1.165, 1.54) is 14.2 Å². The predicted octanol–water partition coefficient (Wildman–Crippen LogP) is -0.446. The Bertz CT molecular complexity index is 261. The van der Waals surface area contributed by atoms with Crippen molar-refractivity contribution in [2.75, 3.05) is 14.2 Å². The fourth-order valence-electron chi connectivity index (χ4n) is 1.28. The lowest BCUT2D eigenvalue weighted by molar-refractivity contribution is -0.159. The van der Waals surface area contributed by atoms with Gasteiger partial charge in [0.15, 0.2) is 0 Å². The van der Waals surface area contributed by atoms with Crippen LogP contribution in [0, 0.1) is 5.92 Å². The minimum atomic E-state index is -0.798. The fourth-order valence-corrected chi connectivity index (χ4v) is 1.28. The topological polar surface area (TPSA) is 63.7 Å². The first-order valence-electron chi connectivity index (χ1n) is 3.96. The van der Waals surface area contributed by atoms with Crippen molar-refractivity contribution in [3.05, 3.63) is 0 Å². The molecule has 0 aromatic carbocycles. The van der Waals surface area contributed by atoms with Gasteiger partial charge in [-0.15, -0.1) is 0 Å². The molecule has 5 nitrogen and oxygen atoms in total. The molecule has 1 atom stereocenters. The number of likely N-dealkylation sites (tertiary alicyclic amines) is 1. The molecular weight excluding hydrogens is 174 g/mol. The Balaban J connectivity index is 2.75. The normalized spacial score (nSPS) is 23.2. The Hall–Kier alpha value is -1.39. The van der Waals surface area contributed by atoms with Crippen LogP contribution in [0.2, 0.25) is 0 Å². The Kier molecular flexibility index (Phi) is 2.65. The number of carbonyl (C=O) groups excluding carboxylic acids is 3. The first-order valence-corrected chi connectivity index (χ1v) is 3.96. The van der Waals surface area contributed by atoms with E-state index < -0.39 is 17.8 Å². The second-order valence-electron chi connectivity index (χ2n) is 2.91. The standard InChI is InChI=1S/C8H11NO4/c1-9-6(10)4-3-5(7(9)11)8(12)13-2/h5H,3-4H2,1-2H3. The fraction of sp³-hybridized carbons (Fsp3) is 0.625. The Morgan fingerprint density at radius 1 is 1.54 bits per heavy atom. The van der Waals surface area contributed by atoms with Gasteiger partial charge in [-0.3, -0.25) is 19.3 Å². The molecule has 1 rings (SSSR count). The van der Waals surface area contributed by atoms with Gasteiger partial charge in [-0.2, -0.15) is 0 Å². The van der Waals surface area contributed by atoms with E-state index in [1.807, 2.05) is 0 Å². The summed E-state index contributed by atoms with van der Waals surface area (Å²) in [7, 11) is 2.60. The molecule has 1 saturated heterocycles. The van der Waals surface area contributed by atoms with E-state index in [4.69, 9.17) is 0 Å². The maximum absolute atomic E-state index is 11.3. The molecule has 0 bridgehead atoms. The molecule has 0 aromatic heterocycles. The number of ether oxygens (including phenoxy) is 1. The molecular formula is C8H11NO4. The summed E-state index contributed by atoms with van der Waals surface area (Å²) in [6.45, 7) is 0. The Morgan fingerprint density at radius 3 is 2.69 bits per heavy atom. The van der Waals surface area contributed by atoms with Gasteiger partial charge in [-0.05, 0) is 6.42 Å². The molecule has 5 heteroatoms. The number of hydrogen-bond acceptors (Lipinski definition) is 4. The molecule has 72 valence electrons. The van der Waals surface area contributed by atoms with Gasteiger partial charge in [0, 0.05) is 13.5 Å². The van der Waals surface area contributed by atoms with E-state index in [0.29, 0.717) is 0 Å². The molecule has 13 heavy (non-hydrogen) atoms. The minimum absolute atomic E-state index is 0.224. The van der Waals surface area contributed by atoms with Gasteiger partial charge in [0.25, 0.3) is 0 Å². The second kappa shape index (κ2) is 3.55. The van der Waals surface area contributed by atoms with Crippen molar-refractivity contribution in [3.8, 4) is 0 Å². The van der Waals surface area contributed by atoms with E-state index in [0.717, 1.165) is 4.90 Å². The summed E-state index contributed by atoms with van der Waals surface area (Å²) in [5, 5.41) is 0. The number of imide groups is 1. The van der Waals surface area contributed by atoms with Crippen LogP contribution in [-0.2, 0) is 19.1 Å². The lowest BCUT2D eigenvalue weighted by atomic mass is 9.97. The van der Waals surface area contributed by atoms with Gasteiger partial charge in [-0.1, -0.05) is 0 Å². The molecule has 0 saturated carbocycles. The second-order valence-corrected chi connectivity index (χ2v) is 2.91. The SMILES string of the molecule is COC(=O)C1CCC(=O)N(C)C1=O. The van der Waals surface area contributed by atoms with Gasteiger partial charge in [0.1, 0.15) is 5.92 Å². The summed E-state index contributed by atoms with van der Waals surface area (Å²) in [4.78, 5) is 34.4. The molecule has 0 aliphatic carbocycles. The summed E-state index contributed by atoms with van der Waals surface area (Å²) in [5.74, 6) is -2.08. The van der Waals surface area contributed by atoms with Gasteiger partial charge in [-0.25, -0.2) is 0 Å². The summed E-state index contributed by atoms with van der Waals surface area (Å²) >= 11 is 0. The average Bonchev–Trinajstić information content (AvgIpc) is 2.13. The van der Waals surface area contributed by atoms with E-state index in [9.17, 15) is 14.4 Å². The third-order valence-electron chi connectivity index (χ3n) is 2.14. The van der Waals surface area contributed by atoms with Crippen molar-refractivity contribution in [3.63, 3.8) is 0 Å². The van der Waals surface area contributed by atoms with Crippen LogP contribution in [0.1, 0.15) is 12.8 Å². The lowest BCUT2D eigenvalue weighted by Crippen LogP contribution is -2.45. The van der Waals surface area contributed by atoms with E-state index >= 15 is 0 Å². The third-order valence-corrected chi connectivity index (χ3v) is 2.14. The smallest absolute Gasteiger partial charge is 0.318 e. The molecule has 1 heterocycles. The zero-order valence-corrected chi connectivity index (χ0v) is 7.57. The molecule has 0 radical (unpaired) electrons. The molecule has 1 aliphatic rings. The number of hydrogen-bond donors (Lipinski definition) is 0. The lowest BCUT2D eigenvalue weighted by Gasteiger charge is -2.25. The number of nitrogens with zero attached hydrogens (tertiary/aromatic N) is 1. The number of carbonyl (C=O) groups is 3. The van der Waals surface area contributed by atoms with Gasteiger partial charge in [0.05, 0.1) is 7.11 Å². The molecule has 0 aromatic rings. The summed E-state index contributed by atoms with van der Waals surface area (Å²) in [6.07, 6.45) is 0.483. The van der Waals surface area contributed by atoms with Crippen molar-refractivity contribution >= 4 is 17.8 Å². The first kappa shape index (κ1) is 9.70. The average molecular weight is 185 g/mol. The van der Waals surface area contributed by atoms with Crippen LogP contribution in [-0.4, -0.2) is 36.8 Å². The molecule has 0 spiro atoms. The van der Waals surface area contributed by atoms with Crippen LogP contribution in [0.5, 0.6) is 0 Å². The van der Waals surface area contributed by atoms with E-state index in [-0.39, 0.29) is 18.7 Å². The first-order chi connectivity index (χ1) is 6.07. The molecule has 1 unspecified atom stereocenters. The van der Waals surface area contributed by atoms with Crippen LogP contribution in [0.4, 0.5) is 0 Å². The molecule has 0 N–H and O–H groups in total. The van der Waals surface area contributed by atoms with Crippen molar-refractivity contribution in [2.45, 2.75) is 12.8 Å². The highest BCUT2D eigenvalue weighted by molar-refractivity contribution is 6.07. The zero-order valence-electron chi connectivity index (χ0n) is 7.57. The van der Waals surface area contributed by atoms with Crippen LogP contribution in [0.15, 0.2) is 0 Å². The van der Waals surface area contributed by atoms with Crippen molar-refractivity contribution < 1.29 is 19.1 Å². The number of methoxy groups -OCH3 is 1. The maximum atomic E-state index is 11.3. The van der Waals surface area contributed by atoms with Crippen LogP contribution < -0.4 is 0 Å². The highest BCUT2D eigenvalue weighted by Gasteiger charge is 2.37. The number of piperidine rings is 1. The quantitative estimate of drug-likeness (QED) is 0.315. The largest absolute Gasteiger partial charge is 0.468 e. The summed E-state index contributed by atoms with van der Waals surface area (Å²) < 4.78 is 4.45. The number of esters is 1. The highest BCUT2D eigenvalue weighted by Crippen LogP contribution is 2.18. The zero-order chi connectivity index (χ0) is 10.0. The van der Waals surface area contributed by atoms with Gasteiger partial charge in [0.2, 0.25) is 11.8 Å². The monoisotopic (exact) mass is 185 g/mol. The maximum Gasteiger partial charge on any atom is 0.318 e. The van der Waals surface area contributed by atoms with Gasteiger partial charge < -0.3 is 4.74 Å². The molecule has 2 amide bonds. The number of amides is 2. The van der Waals surface area contributed by atoms with Gasteiger partial charge >= 0.3 is 5.97 Å². The van der Waals surface area contributed by atoms with Crippen LogP contribution in [0.3, 0.4) is 0 Å². The highest BCUT2D eigenvalue weighted by atomic mass is 16.5. The Labute approximate surface area is 75.6 Å². The summed E-state index contributed by atoms with van der Waals surface area (Å²) in [5.41, 5.74) is 0. The van der Waals surface area contributed by atoms with Crippen molar-refractivity contribution in [1.82, 2.24) is 4.90 Å². The van der Waals surface area contributed by atoms with E-state index in [1.54, 1.807) is 0 Å². The summed E-state index contributed by atoms with van der Waals surface area (Å²) in [6, 6.07) is 0. The van der Waals surface area contributed by atoms with Crippen LogP contribution in [0.25, 0.3) is 0 Å². The van der Waals surface area contributed by atoms with Crippen LogP contribution >= 0.6 is 0 Å². The molecule has 1 aliphatic heterocycles. The third kappa shape index (κ3) is 1.68. The Morgan fingerprint density at radius 2 is 2.15 bits per heavy atom. The van der Waals surface area contributed by atoms with E-state index in [2.05, 4.69) is 4.74 Å². The predicted molar refractivity (Wildman–Crippen MR) is 42.5 cm³/mol.